The lowest BCUT2D eigenvalue weighted by Gasteiger charge is -2.36. The maximum atomic E-state index is 6.47. The minimum Gasteiger partial charge on any atom is -0.354 e. The van der Waals surface area contributed by atoms with Crippen LogP contribution in [0, 0.1) is 0 Å². The minimum absolute atomic E-state index is 0.103. The van der Waals surface area contributed by atoms with Gasteiger partial charge in [0.25, 0.3) is 0 Å². The van der Waals surface area contributed by atoms with Crippen LogP contribution in [0.2, 0.25) is 0 Å². The first-order chi connectivity index (χ1) is 12.7. The van der Waals surface area contributed by atoms with Gasteiger partial charge in [0.1, 0.15) is 11.6 Å². The SMILES string of the molecule is CCc1cccc2[nH]c(C(N)CN3CCN(c4ccccn4)CC3)nc12. The molecule has 3 N–H and O–H groups in total. The van der Waals surface area contributed by atoms with Gasteiger partial charge in [0.2, 0.25) is 0 Å². The lowest BCUT2D eigenvalue weighted by molar-refractivity contribution is 0.240. The van der Waals surface area contributed by atoms with E-state index in [2.05, 4.69) is 51.0 Å². The van der Waals surface area contributed by atoms with Gasteiger partial charge in [0.15, 0.2) is 0 Å². The third kappa shape index (κ3) is 3.43. The second kappa shape index (κ2) is 7.43. The number of pyridine rings is 1. The number of fused-ring (bicyclic) bond motifs is 1. The molecule has 1 saturated heterocycles. The van der Waals surface area contributed by atoms with Crippen LogP contribution in [0.1, 0.15) is 24.4 Å². The number of piperazine rings is 1. The van der Waals surface area contributed by atoms with Crippen LogP contribution in [-0.2, 0) is 6.42 Å². The van der Waals surface area contributed by atoms with Crippen LogP contribution in [0.15, 0.2) is 42.6 Å². The predicted octanol–water partition coefficient (Wildman–Crippen LogP) is 2.34. The van der Waals surface area contributed by atoms with Gasteiger partial charge < -0.3 is 15.6 Å². The Morgan fingerprint density at radius 1 is 1.12 bits per heavy atom. The van der Waals surface area contributed by atoms with Crippen LogP contribution in [0.5, 0.6) is 0 Å². The largest absolute Gasteiger partial charge is 0.354 e. The van der Waals surface area contributed by atoms with Crippen molar-refractivity contribution in [1.29, 1.82) is 0 Å². The van der Waals surface area contributed by atoms with Gasteiger partial charge in [0.05, 0.1) is 17.1 Å². The first-order valence-corrected chi connectivity index (χ1v) is 9.36. The van der Waals surface area contributed by atoms with Crippen LogP contribution >= 0.6 is 0 Å². The molecule has 0 bridgehead atoms. The normalized spacial score (nSPS) is 16.9. The Hall–Kier alpha value is -2.44. The fourth-order valence-corrected chi connectivity index (χ4v) is 3.64. The molecule has 1 unspecified atom stereocenters. The summed E-state index contributed by atoms with van der Waals surface area (Å²) >= 11 is 0. The summed E-state index contributed by atoms with van der Waals surface area (Å²) in [6.45, 7) is 6.91. The van der Waals surface area contributed by atoms with E-state index >= 15 is 0 Å². The number of H-pyrrole nitrogens is 1. The van der Waals surface area contributed by atoms with E-state index < -0.39 is 0 Å². The fraction of sp³-hybridized carbons (Fsp3) is 0.400. The number of nitrogens with one attached hydrogen (secondary N) is 1. The molecule has 3 heterocycles. The number of nitrogens with zero attached hydrogens (tertiary/aromatic N) is 4. The van der Waals surface area contributed by atoms with Gasteiger partial charge in [-0.2, -0.15) is 0 Å². The average molecular weight is 350 g/mol. The van der Waals surface area contributed by atoms with E-state index in [1.807, 2.05) is 18.3 Å². The molecular weight excluding hydrogens is 324 g/mol. The summed E-state index contributed by atoms with van der Waals surface area (Å²) in [4.78, 5) is 17.4. The summed E-state index contributed by atoms with van der Waals surface area (Å²) in [7, 11) is 0. The molecule has 3 aromatic rings. The maximum Gasteiger partial charge on any atom is 0.128 e. The summed E-state index contributed by atoms with van der Waals surface area (Å²) in [6, 6.07) is 12.2. The van der Waals surface area contributed by atoms with E-state index in [-0.39, 0.29) is 6.04 Å². The number of hydrogen-bond donors (Lipinski definition) is 2. The highest BCUT2D eigenvalue weighted by Crippen LogP contribution is 2.20. The topological polar surface area (TPSA) is 74.1 Å². The number of rotatable bonds is 5. The Kier molecular flexibility index (Phi) is 4.86. The monoisotopic (exact) mass is 350 g/mol. The number of aromatic nitrogens is 3. The number of hydrogen-bond acceptors (Lipinski definition) is 5. The summed E-state index contributed by atoms with van der Waals surface area (Å²) in [6.07, 6.45) is 2.83. The molecule has 0 radical (unpaired) electrons. The van der Waals surface area contributed by atoms with Crippen molar-refractivity contribution in [1.82, 2.24) is 19.9 Å². The van der Waals surface area contributed by atoms with Crippen LogP contribution in [0.3, 0.4) is 0 Å². The van der Waals surface area contributed by atoms with Crippen LogP contribution < -0.4 is 10.6 Å². The van der Waals surface area contributed by atoms with E-state index in [1.165, 1.54) is 5.56 Å². The molecule has 136 valence electrons. The van der Waals surface area contributed by atoms with E-state index in [0.717, 1.165) is 61.8 Å². The summed E-state index contributed by atoms with van der Waals surface area (Å²) < 4.78 is 0. The van der Waals surface area contributed by atoms with Crippen LogP contribution in [0.25, 0.3) is 11.0 Å². The Balaban J connectivity index is 1.39. The zero-order chi connectivity index (χ0) is 17.9. The number of benzene rings is 1. The van der Waals surface area contributed by atoms with Gasteiger partial charge >= 0.3 is 0 Å². The van der Waals surface area contributed by atoms with Crippen LogP contribution in [0.4, 0.5) is 5.82 Å². The molecule has 0 aliphatic carbocycles. The van der Waals surface area contributed by atoms with Crippen molar-refractivity contribution in [3.63, 3.8) is 0 Å². The molecule has 1 fully saturated rings. The minimum atomic E-state index is -0.103. The molecule has 6 nitrogen and oxygen atoms in total. The Bertz CT molecular complexity index is 851. The van der Waals surface area contributed by atoms with E-state index in [0.29, 0.717) is 0 Å². The number of para-hydroxylation sites is 1. The highest BCUT2D eigenvalue weighted by atomic mass is 15.3. The number of aryl methyl sites for hydroxylation is 1. The second-order valence-corrected chi connectivity index (χ2v) is 6.87. The van der Waals surface area contributed by atoms with Crippen molar-refractivity contribution in [2.24, 2.45) is 5.73 Å². The smallest absolute Gasteiger partial charge is 0.128 e. The van der Waals surface area contributed by atoms with Crippen molar-refractivity contribution in [3.8, 4) is 0 Å². The Morgan fingerprint density at radius 3 is 2.69 bits per heavy atom. The number of anilines is 1. The quantitative estimate of drug-likeness (QED) is 0.739. The van der Waals surface area contributed by atoms with Crippen molar-refractivity contribution < 1.29 is 0 Å². The van der Waals surface area contributed by atoms with Crippen molar-refractivity contribution in [3.05, 3.63) is 54.0 Å². The zero-order valence-corrected chi connectivity index (χ0v) is 15.2. The van der Waals surface area contributed by atoms with Gasteiger partial charge in [-0.1, -0.05) is 25.1 Å². The highest BCUT2D eigenvalue weighted by molar-refractivity contribution is 5.78. The van der Waals surface area contributed by atoms with Crippen molar-refractivity contribution in [2.75, 3.05) is 37.6 Å². The lowest BCUT2D eigenvalue weighted by atomic mass is 10.1. The number of imidazole rings is 1. The Morgan fingerprint density at radius 2 is 1.96 bits per heavy atom. The van der Waals surface area contributed by atoms with E-state index in [4.69, 9.17) is 10.7 Å². The summed E-state index contributed by atoms with van der Waals surface area (Å²) in [5, 5.41) is 0. The van der Waals surface area contributed by atoms with Gasteiger partial charge in [-0.15, -0.1) is 0 Å². The Labute approximate surface area is 154 Å². The summed E-state index contributed by atoms with van der Waals surface area (Å²) in [5.74, 6) is 1.94. The number of nitrogens with two attached hydrogens (primary N) is 1. The average Bonchev–Trinajstić information content (AvgIpc) is 3.14. The molecular formula is C20H26N6. The molecule has 0 spiro atoms. The third-order valence-electron chi connectivity index (χ3n) is 5.15. The first kappa shape index (κ1) is 17.0. The van der Waals surface area contributed by atoms with Gasteiger partial charge in [-0.25, -0.2) is 9.97 Å². The van der Waals surface area contributed by atoms with E-state index in [1.54, 1.807) is 0 Å². The van der Waals surface area contributed by atoms with Gasteiger partial charge in [-0.3, -0.25) is 4.90 Å². The molecule has 4 rings (SSSR count). The lowest BCUT2D eigenvalue weighted by Crippen LogP contribution is -2.48. The van der Waals surface area contributed by atoms with Gasteiger partial charge in [0, 0.05) is 38.9 Å². The predicted molar refractivity (Wildman–Crippen MR) is 105 cm³/mol. The molecule has 0 amide bonds. The standard InChI is InChI=1S/C20H26N6/c1-2-15-6-5-7-17-19(15)24-20(23-17)16(21)14-25-10-12-26(13-11-25)18-8-3-4-9-22-18/h3-9,16H,2,10-14,21H2,1H3,(H,23,24). The molecule has 1 aliphatic rings. The highest BCUT2D eigenvalue weighted by Gasteiger charge is 2.21. The van der Waals surface area contributed by atoms with Crippen LogP contribution in [-0.4, -0.2) is 52.6 Å². The second-order valence-electron chi connectivity index (χ2n) is 6.87. The molecule has 1 aromatic carbocycles. The fourth-order valence-electron chi connectivity index (χ4n) is 3.64. The molecule has 26 heavy (non-hydrogen) atoms. The molecule has 6 heteroatoms. The zero-order valence-electron chi connectivity index (χ0n) is 15.2. The first-order valence-electron chi connectivity index (χ1n) is 9.36. The van der Waals surface area contributed by atoms with Gasteiger partial charge in [-0.05, 0) is 30.2 Å². The molecule has 0 saturated carbocycles. The third-order valence-corrected chi connectivity index (χ3v) is 5.15. The molecule has 1 atom stereocenters. The number of aromatic amines is 1. The van der Waals surface area contributed by atoms with E-state index in [9.17, 15) is 0 Å². The maximum absolute atomic E-state index is 6.47. The van der Waals surface area contributed by atoms with Crippen molar-refractivity contribution in [2.45, 2.75) is 19.4 Å². The summed E-state index contributed by atoms with van der Waals surface area (Å²) in [5.41, 5.74) is 9.87. The van der Waals surface area contributed by atoms with Crippen molar-refractivity contribution >= 4 is 16.9 Å². The molecule has 1 aliphatic heterocycles. The molecule has 2 aromatic heterocycles.